The third-order valence-corrected chi connectivity index (χ3v) is 2.14. The van der Waals surface area contributed by atoms with Crippen molar-refractivity contribution in [3.8, 4) is 0 Å². The van der Waals surface area contributed by atoms with Crippen LogP contribution in [0.25, 0.3) is 0 Å². The van der Waals surface area contributed by atoms with E-state index in [1.807, 2.05) is 0 Å². The van der Waals surface area contributed by atoms with Crippen molar-refractivity contribution in [2.75, 3.05) is 0 Å². The second-order valence-corrected chi connectivity index (χ2v) is 3.36. The van der Waals surface area contributed by atoms with Gasteiger partial charge in [0.15, 0.2) is 0 Å². The highest BCUT2D eigenvalue weighted by atomic mass is 19.4. The Hall–Kier alpha value is -0.840. The zero-order valence-electron chi connectivity index (χ0n) is 7.44. The summed E-state index contributed by atoms with van der Waals surface area (Å²) in [4.78, 5) is 0. The molecule has 1 nitrogen and oxygen atoms in total. The number of allylic oxidation sites excluding steroid dienone is 2. The van der Waals surface area contributed by atoms with E-state index in [0.717, 1.165) is 19.1 Å². The number of hydrogen-bond donors (Lipinski definition) is 0. The smallest absolute Gasteiger partial charge is 0.392 e. The summed E-state index contributed by atoms with van der Waals surface area (Å²) >= 11 is 0. The minimum atomic E-state index is -4.48. The second-order valence-electron chi connectivity index (χ2n) is 3.36. The SMILES string of the molecule is CC1(F)C(CC(F)(F)F)=CC=CC1[O-]. The molecule has 0 radical (unpaired) electrons. The number of rotatable bonds is 1. The predicted octanol–water partition coefficient (Wildman–Crippen LogP) is 1.89. The molecule has 1 aliphatic carbocycles. The van der Waals surface area contributed by atoms with E-state index in [0.29, 0.717) is 0 Å². The lowest BCUT2D eigenvalue weighted by Gasteiger charge is -2.37. The third kappa shape index (κ3) is 2.35. The van der Waals surface area contributed by atoms with Gasteiger partial charge in [0, 0.05) is 0 Å². The van der Waals surface area contributed by atoms with Crippen molar-refractivity contribution in [3.63, 3.8) is 0 Å². The molecule has 0 N–H and O–H groups in total. The maximum absolute atomic E-state index is 13.5. The summed E-state index contributed by atoms with van der Waals surface area (Å²) in [6.07, 6.45) is -4.42. The van der Waals surface area contributed by atoms with E-state index >= 15 is 0 Å². The van der Waals surface area contributed by atoms with Gasteiger partial charge >= 0.3 is 6.18 Å². The summed E-state index contributed by atoms with van der Waals surface area (Å²) in [6, 6.07) is 0. The minimum absolute atomic E-state index is 0.507. The van der Waals surface area contributed by atoms with Gasteiger partial charge in [-0.3, -0.25) is 0 Å². The van der Waals surface area contributed by atoms with Crippen molar-refractivity contribution in [3.05, 3.63) is 23.8 Å². The molecule has 0 saturated carbocycles. The van der Waals surface area contributed by atoms with Gasteiger partial charge in [-0.15, -0.1) is 0 Å². The Balaban J connectivity index is 2.87. The standard InChI is InChI=1S/C9H9F4O/c1-8(10)6(5-9(11,12)13)3-2-4-7(8)14/h2-4,7H,5H2,1H3/q-1. The van der Waals surface area contributed by atoms with Gasteiger partial charge in [0.1, 0.15) is 5.67 Å². The lowest BCUT2D eigenvalue weighted by molar-refractivity contribution is -0.425. The Morgan fingerprint density at radius 1 is 1.50 bits per heavy atom. The Labute approximate surface area is 78.7 Å². The van der Waals surface area contributed by atoms with Crippen LogP contribution in [0, 0.1) is 0 Å². The molecule has 1 rings (SSSR count). The summed E-state index contributed by atoms with van der Waals surface area (Å²) in [6.45, 7) is 0.881. The van der Waals surface area contributed by atoms with Gasteiger partial charge in [0.2, 0.25) is 0 Å². The molecule has 0 spiro atoms. The van der Waals surface area contributed by atoms with Crippen molar-refractivity contribution >= 4 is 0 Å². The first-order valence-corrected chi connectivity index (χ1v) is 4.03. The quantitative estimate of drug-likeness (QED) is 0.605. The van der Waals surface area contributed by atoms with Crippen LogP contribution in [-0.4, -0.2) is 17.9 Å². The molecule has 2 unspecified atom stereocenters. The first-order chi connectivity index (χ1) is 6.23. The molecule has 0 aliphatic heterocycles. The van der Waals surface area contributed by atoms with Crippen molar-refractivity contribution < 1.29 is 22.7 Å². The molecule has 14 heavy (non-hydrogen) atoms. The van der Waals surface area contributed by atoms with Crippen LogP contribution in [0.5, 0.6) is 0 Å². The molecule has 80 valence electrons. The predicted molar refractivity (Wildman–Crippen MR) is 41.2 cm³/mol. The van der Waals surface area contributed by atoms with Gasteiger partial charge in [-0.05, 0) is 12.5 Å². The molecule has 0 heterocycles. The van der Waals surface area contributed by atoms with E-state index in [4.69, 9.17) is 0 Å². The normalized spacial score (nSPS) is 33.0. The van der Waals surface area contributed by atoms with Gasteiger partial charge in [-0.1, -0.05) is 24.3 Å². The maximum atomic E-state index is 13.5. The number of halogens is 4. The van der Waals surface area contributed by atoms with Crippen LogP contribution < -0.4 is 5.11 Å². The molecular weight excluding hydrogens is 200 g/mol. The van der Waals surface area contributed by atoms with Crippen LogP contribution in [-0.2, 0) is 0 Å². The Morgan fingerprint density at radius 2 is 2.07 bits per heavy atom. The Kier molecular flexibility index (Phi) is 2.71. The highest BCUT2D eigenvalue weighted by Gasteiger charge is 2.39. The van der Waals surface area contributed by atoms with E-state index in [2.05, 4.69) is 0 Å². The molecule has 0 saturated heterocycles. The first-order valence-electron chi connectivity index (χ1n) is 4.03. The van der Waals surface area contributed by atoms with E-state index in [1.165, 1.54) is 6.08 Å². The summed E-state index contributed by atoms with van der Waals surface area (Å²) < 4.78 is 49.5. The Bertz CT molecular complexity index is 275. The van der Waals surface area contributed by atoms with Crippen LogP contribution in [0.4, 0.5) is 17.6 Å². The molecule has 1 aliphatic rings. The molecule has 0 fully saturated rings. The fourth-order valence-corrected chi connectivity index (χ4v) is 1.25. The van der Waals surface area contributed by atoms with Crippen LogP contribution in [0.15, 0.2) is 23.8 Å². The fraction of sp³-hybridized carbons (Fsp3) is 0.556. The molecule has 0 aromatic heterocycles. The lowest BCUT2D eigenvalue weighted by Crippen LogP contribution is -2.46. The second kappa shape index (κ2) is 3.38. The monoisotopic (exact) mass is 209 g/mol. The summed E-state index contributed by atoms with van der Waals surface area (Å²) in [5.74, 6) is 0. The molecular formula is C9H9F4O-. The zero-order valence-corrected chi connectivity index (χ0v) is 7.44. The Morgan fingerprint density at radius 3 is 2.57 bits per heavy atom. The van der Waals surface area contributed by atoms with Gasteiger partial charge in [-0.25, -0.2) is 4.39 Å². The average Bonchev–Trinajstić information content (AvgIpc) is 1.97. The molecule has 0 aromatic carbocycles. The molecule has 5 heteroatoms. The van der Waals surface area contributed by atoms with Crippen LogP contribution in [0.2, 0.25) is 0 Å². The van der Waals surface area contributed by atoms with Gasteiger partial charge in [-0.2, -0.15) is 13.2 Å². The van der Waals surface area contributed by atoms with Gasteiger partial charge in [0.05, 0.1) is 6.42 Å². The zero-order chi connectivity index (χ0) is 11.0. The maximum Gasteiger partial charge on any atom is 0.392 e. The van der Waals surface area contributed by atoms with Crippen molar-refractivity contribution in [2.24, 2.45) is 0 Å². The fourth-order valence-electron chi connectivity index (χ4n) is 1.25. The van der Waals surface area contributed by atoms with E-state index < -0.39 is 29.9 Å². The van der Waals surface area contributed by atoms with Crippen molar-refractivity contribution in [1.82, 2.24) is 0 Å². The largest absolute Gasteiger partial charge is 0.846 e. The minimum Gasteiger partial charge on any atom is -0.846 e. The summed E-state index contributed by atoms with van der Waals surface area (Å²) in [5, 5.41) is 11.0. The third-order valence-electron chi connectivity index (χ3n) is 2.14. The topological polar surface area (TPSA) is 23.1 Å². The van der Waals surface area contributed by atoms with Gasteiger partial charge in [0.25, 0.3) is 0 Å². The number of hydrogen-bond acceptors (Lipinski definition) is 1. The lowest BCUT2D eigenvalue weighted by atomic mass is 9.85. The van der Waals surface area contributed by atoms with Crippen LogP contribution in [0.1, 0.15) is 13.3 Å². The van der Waals surface area contributed by atoms with Crippen molar-refractivity contribution in [2.45, 2.75) is 31.3 Å². The van der Waals surface area contributed by atoms with E-state index in [-0.39, 0.29) is 0 Å². The van der Waals surface area contributed by atoms with Crippen LogP contribution in [0.3, 0.4) is 0 Å². The molecule has 2 atom stereocenters. The highest BCUT2D eigenvalue weighted by molar-refractivity contribution is 5.31. The molecule has 0 aromatic rings. The molecule has 0 amide bonds. The summed E-state index contributed by atoms with van der Waals surface area (Å²) in [7, 11) is 0. The van der Waals surface area contributed by atoms with Gasteiger partial charge < -0.3 is 5.11 Å². The van der Waals surface area contributed by atoms with Crippen LogP contribution >= 0.6 is 0 Å². The molecule has 0 bridgehead atoms. The summed E-state index contributed by atoms with van der Waals surface area (Å²) in [5.41, 5.74) is -2.95. The number of alkyl halides is 4. The first kappa shape index (κ1) is 11.2. The average molecular weight is 209 g/mol. The highest BCUT2D eigenvalue weighted by Crippen LogP contribution is 2.36. The van der Waals surface area contributed by atoms with E-state index in [9.17, 15) is 22.7 Å². The van der Waals surface area contributed by atoms with Crippen molar-refractivity contribution in [1.29, 1.82) is 0 Å². The van der Waals surface area contributed by atoms with E-state index in [1.54, 1.807) is 0 Å².